The number of hydrogen-bond donors (Lipinski definition) is 1. The van der Waals surface area contributed by atoms with Crippen LogP contribution in [-0.4, -0.2) is 34.8 Å². The van der Waals surface area contributed by atoms with Crippen molar-refractivity contribution in [3.05, 3.63) is 28.5 Å². The molecule has 1 saturated heterocycles. The lowest BCUT2D eigenvalue weighted by atomic mass is 9.96. The molecular formula is C15H20ClN3O2. The molecule has 0 aliphatic carbocycles. The van der Waals surface area contributed by atoms with Crippen molar-refractivity contribution in [3.63, 3.8) is 0 Å². The van der Waals surface area contributed by atoms with Crippen LogP contribution in [0.15, 0.2) is 12.1 Å². The summed E-state index contributed by atoms with van der Waals surface area (Å²) >= 11 is 5.99. The number of piperidine rings is 1. The highest BCUT2D eigenvalue weighted by Gasteiger charge is 2.26. The highest BCUT2D eigenvalue weighted by molar-refractivity contribution is 6.29. The van der Waals surface area contributed by atoms with E-state index in [-0.39, 0.29) is 17.7 Å². The van der Waals surface area contributed by atoms with Crippen LogP contribution in [0.5, 0.6) is 0 Å². The number of likely N-dealkylation sites (tertiary alicyclic amines) is 1. The molecule has 21 heavy (non-hydrogen) atoms. The molecule has 0 bridgehead atoms. The van der Waals surface area contributed by atoms with E-state index in [9.17, 15) is 9.59 Å². The third kappa shape index (κ3) is 3.94. The highest BCUT2D eigenvalue weighted by atomic mass is 35.5. The summed E-state index contributed by atoms with van der Waals surface area (Å²) in [5.41, 5.74) is 6.70. The molecule has 0 saturated carbocycles. The maximum atomic E-state index is 12.5. The number of aromatic nitrogens is 1. The van der Waals surface area contributed by atoms with Crippen molar-refractivity contribution in [2.24, 2.45) is 11.7 Å². The molecule has 1 aromatic rings. The highest BCUT2D eigenvalue weighted by Crippen LogP contribution is 2.20. The molecule has 0 aromatic carbocycles. The van der Waals surface area contributed by atoms with Crippen LogP contribution in [0.3, 0.4) is 0 Å². The second-order valence-electron chi connectivity index (χ2n) is 5.39. The van der Waals surface area contributed by atoms with Crippen LogP contribution >= 0.6 is 11.6 Å². The van der Waals surface area contributed by atoms with Gasteiger partial charge in [0.15, 0.2) is 0 Å². The van der Waals surface area contributed by atoms with Gasteiger partial charge in [0.1, 0.15) is 5.15 Å². The summed E-state index contributed by atoms with van der Waals surface area (Å²) < 4.78 is 0. The smallest absolute Gasteiger partial charge is 0.254 e. The van der Waals surface area contributed by atoms with Gasteiger partial charge in [-0.25, -0.2) is 4.98 Å². The van der Waals surface area contributed by atoms with Gasteiger partial charge in [0.2, 0.25) is 5.91 Å². The molecule has 0 spiro atoms. The Hall–Kier alpha value is -1.62. The van der Waals surface area contributed by atoms with E-state index in [0.29, 0.717) is 36.6 Å². The van der Waals surface area contributed by atoms with Crippen LogP contribution < -0.4 is 5.73 Å². The summed E-state index contributed by atoms with van der Waals surface area (Å²) in [5, 5.41) is 0.344. The van der Waals surface area contributed by atoms with Crippen LogP contribution in [0.4, 0.5) is 0 Å². The Labute approximate surface area is 129 Å². The lowest BCUT2D eigenvalue weighted by Crippen LogP contribution is -2.41. The first-order valence-electron chi connectivity index (χ1n) is 7.26. The molecule has 0 radical (unpaired) electrons. The van der Waals surface area contributed by atoms with Crippen LogP contribution in [-0.2, 0) is 11.2 Å². The van der Waals surface area contributed by atoms with Crippen LogP contribution in [0.25, 0.3) is 0 Å². The van der Waals surface area contributed by atoms with Crippen molar-refractivity contribution in [2.45, 2.75) is 32.6 Å². The van der Waals surface area contributed by atoms with Crippen molar-refractivity contribution in [1.82, 2.24) is 9.88 Å². The molecule has 1 fully saturated rings. The number of aryl methyl sites for hydroxylation is 1. The minimum absolute atomic E-state index is 0.0560. The number of carbonyl (C=O) groups is 2. The number of hydrogen-bond acceptors (Lipinski definition) is 3. The first kappa shape index (κ1) is 15.8. The van der Waals surface area contributed by atoms with Gasteiger partial charge in [0, 0.05) is 30.3 Å². The number of pyridine rings is 1. The van der Waals surface area contributed by atoms with Gasteiger partial charge in [-0.3, -0.25) is 9.59 Å². The molecule has 2 N–H and O–H groups in total. The Balaban J connectivity index is 2.08. The summed E-state index contributed by atoms with van der Waals surface area (Å²) in [6.07, 6.45) is 3.00. The fourth-order valence-electron chi connectivity index (χ4n) is 2.61. The van der Waals surface area contributed by atoms with E-state index in [1.807, 2.05) is 0 Å². The Morgan fingerprint density at radius 2 is 2.05 bits per heavy atom. The monoisotopic (exact) mass is 309 g/mol. The molecule has 0 unspecified atom stereocenters. The zero-order valence-electron chi connectivity index (χ0n) is 12.1. The first-order chi connectivity index (χ1) is 10.0. The Morgan fingerprint density at radius 1 is 1.38 bits per heavy atom. The lowest BCUT2D eigenvalue weighted by Gasteiger charge is -2.30. The van der Waals surface area contributed by atoms with Gasteiger partial charge >= 0.3 is 0 Å². The molecule has 2 amide bonds. The zero-order chi connectivity index (χ0) is 15.4. The fourth-order valence-corrected chi connectivity index (χ4v) is 2.83. The van der Waals surface area contributed by atoms with Crippen molar-refractivity contribution in [2.75, 3.05) is 13.1 Å². The third-order valence-electron chi connectivity index (χ3n) is 3.78. The predicted molar refractivity (Wildman–Crippen MR) is 81.1 cm³/mol. The molecular weight excluding hydrogens is 290 g/mol. The number of nitrogens with zero attached hydrogens (tertiary/aromatic N) is 2. The average Bonchev–Trinajstić information content (AvgIpc) is 2.46. The molecule has 5 nitrogen and oxygen atoms in total. The Morgan fingerprint density at radius 3 is 2.62 bits per heavy atom. The SMILES string of the molecule is CCCc1cc(C(=O)N2CCC(C(N)=O)CC2)cc(Cl)n1. The number of carbonyl (C=O) groups excluding carboxylic acids is 2. The largest absolute Gasteiger partial charge is 0.369 e. The number of halogens is 1. The number of nitrogens with two attached hydrogens (primary N) is 1. The first-order valence-corrected chi connectivity index (χ1v) is 7.64. The molecule has 2 heterocycles. The van der Waals surface area contributed by atoms with Gasteiger partial charge in [-0.2, -0.15) is 0 Å². The van der Waals surface area contributed by atoms with E-state index in [2.05, 4.69) is 11.9 Å². The normalized spacial score (nSPS) is 16.0. The van der Waals surface area contributed by atoms with Crippen molar-refractivity contribution >= 4 is 23.4 Å². The Bertz CT molecular complexity index is 540. The second-order valence-corrected chi connectivity index (χ2v) is 5.78. The van der Waals surface area contributed by atoms with Gasteiger partial charge in [-0.15, -0.1) is 0 Å². The Kier molecular flexibility index (Phi) is 5.17. The number of amides is 2. The summed E-state index contributed by atoms with van der Waals surface area (Å²) in [6, 6.07) is 3.40. The molecule has 6 heteroatoms. The van der Waals surface area contributed by atoms with E-state index in [0.717, 1.165) is 18.5 Å². The number of primary amides is 1. The molecule has 1 aliphatic heterocycles. The second kappa shape index (κ2) is 6.89. The third-order valence-corrected chi connectivity index (χ3v) is 3.98. The van der Waals surface area contributed by atoms with Crippen LogP contribution in [0, 0.1) is 5.92 Å². The molecule has 1 aliphatic rings. The summed E-state index contributed by atoms with van der Waals surface area (Å²) in [5.74, 6) is -0.454. The van der Waals surface area contributed by atoms with Crippen LogP contribution in [0.1, 0.15) is 42.2 Å². The van der Waals surface area contributed by atoms with Gasteiger partial charge < -0.3 is 10.6 Å². The summed E-state index contributed by atoms with van der Waals surface area (Å²) in [6.45, 7) is 3.16. The summed E-state index contributed by atoms with van der Waals surface area (Å²) in [4.78, 5) is 29.6. The van der Waals surface area contributed by atoms with E-state index in [1.54, 1.807) is 17.0 Å². The van der Waals surface area contributed by atoms with Gasteiger partial charge in [0.25, 0.3) is 5.91 Å². The van der Waals surface area contributed by atoms with Crippen molar-refractivity contribution < 1.29 is 9.59 Å². The van der Waals surface area contributed by atoms with E-state index < -0.39 is 0 Å². The molecule has 0 atom stereocenters. The number of rotatable bonds is 4. The fraction of sp³-hybridized carbons (Fsp3) is 0.533. The van der Waals surface area contributed by atoms with Crippen molar-refractivity contribution in [3.8, 4) is 0 Å². The predicted octanol–water partition coefficient (Wildman–Crippen LogP) is 2.02. The van der Waals surface area contributed by atoms with Gasteiger partial charge in [-0.05, 0) is 31.4 Å². The molecule has 114 valence electrons. The zero-order valence-corrected chi connectivity index (χ0v) is 12.9. The molecule has 1 aromatic heterocycles. The maximum absolute atomic E-state index is 12.5. The average molecular weight is 310 g/mol. The van der Waals surface area contributed by atoms with E-state index >= 15 is 0 Å². The minimum Gasteiger partial charge on any atom is -0.369 e. The van der Waals surface area contributed by atoms with Gasteiger partial charge in [-0.1, -0.05) is 24.9 Å². The lowest BCUT2D eigenvalue weighted by molar-refractivity contribution is -0.123. The van der Waals surface area contributed by atoms with Crippen molar-refractivity contribution in [1.29, 1.82) is 0 Å². The quantitative estimate of drug-likeness (QED) is 0.865. The maximum Gasteiger partial charge on any atom is 0.254 e. The minimum atomic E-state index is -0.278. The topological polar surface area (TPSA) is 76.3 Å². The summed E-state index contributed by atoms with van der Waals surface area (Å²) in [7, 11) is 0. The van der Waals surface area contributed by atoms with Gasteiger partial charge in [0.05, 0.1) is 0 Å². The standard InChI is InChI=1S/C15H20ClN3O2/c1-2-3-12-8-11(9-13(16)18-12)15(21)19-6-4-10(5-7-19)14(17)20/h8-10H,2-7H2,1H3,(H2,17,20). The molecule has 2 rings (SSSR count). The van der Waals surface area contributed by atoms with E-state index in [4.69, 9.17) is 17.3 Å². The van der Waals surface area contributed by atoms with E-state index in [1.165, 1.54) is 0 Å². The van der Waals surface area contributed by atoms with Crippen LogP contribution in [0.2, 0.25) is 5.15 Å².